The van der Waals surface area contributed by atoms with E-state index in [-0.39, 0.29) is 21.3 Å². The van der Waals surface area contributed by atoms with E-state index in [1.54, 1.807) is 18.2 Å². The molecular weight excluding hydrogens is 557 g/mol. The van der Waals surface area contributed by atoms with E-state index in [2.05, 4.69) is 10.3 Å². The molecule has 5 rings (SSSR count). The third-order valence-corrected chi connectivity index (χ3v) is 9.84. The SMILES string of the molecule is O=C(Cc1ccc(-n2c(=O)[nH]c3cc(NCC4CC4)ccc3c2=O)c(Cl)c1)CS(=O)(=O)c1ccc(Cl)s1. The quantitative estimate of drug-likeness (QED) is 0.303. The van der Waals surface area contributed by atoms with Crippen LogP contribution in [0.5, 0.6) is 0 Å². The second-order valence-corrected chi connectivity index (χ2v) is 13.3. The first-order valence-corrected chi connectivity index (χ1v) is 14.6. The zero-order valence-electron chi connectivity index (χ0n) is 19.3. The molecular formula is C25H21Cl2N3O5S2. The van der Waals surface area contributed by atoms with Crippen LogP contribution >= 0.6 is 34.5 Å². The fourth-order valence-corrected chi connectivity index (χ4v) is 7.10. The molecule has 1 saturated carbocycles. The van der Waals surface area contributed by atoms with Crippen LogP contribution in [-0.4, -0.2) is 36.0 Å². The van der Waals surface area contributed by atoms with Gasteiger partial charge in [-0.1, -0.05) is 29.3 Å². The summed E-state index contributed by atoms with van der Waals surface area (Å²) < 4.78 is 26.2. The van der Waals surface area contributed by atoms with Crippen LogP contribution in [0.1, 0.15) is 18.4 Å². The smallest absolute Gasteiger partial charge is 0.333 e. The van der Waals surface area contributed by atoms with E-state index in [0.29, 0.717) is 26.7 Å². The number of rotatable bonds is 9. The largest absolute Gasteiger partial charge is 0.385 e. The summed E-state index contributed by atoms with van der Waals surface area (Å²) in [6, 6.07) is 12.5. The maximum absolute atomic E-state index is 13.2. The Kier molecular flexibility index (Phi) is 7.01. The molecule has 0 unspecified atom stereocenters. The highest BCUT2D eigenvalue weighted by molar-refractivity contribution is 7.94. The number of thiophene rings is 1. The van der Waals surface area contributed by atoms with Gasteiger partial charge < -0.3 is 10.3 Å². The number of halogens is 2. The first-order chi connectivity index (χ1) is 17.6. The van der Waals surface area contributed by atoms with Crippen molar-refractivity contribution >= 4 is 66.7 Å². The van der Waals surface area contributed by atoms with Crippen molar-refractivity contribution in [1.29, 1.82) is 0 Å². The number of nitrogens with one attached hydrogen (secondary N) is 2. The molecule has 0 aliphatic heterocycles. The average molecular weight is 578 g/mol. The van der Waals surface area contributed by atoms with Gasteiger partial charge in [-0.2, -0.15) is 0 Å². The van der Waals surface area contributed by atoms with Crippen molar-refractivity contribution in [3.63, 3.8) is 0 Å². The second kappa shape index (κ2) is 10.1. The summed E-state index contributed by atoms with van der Waals surface area (Å²) in [5, 5.41) is 3.72. The molecule has 4 aromatic rings. The van der Waals surface area contributed by atoms with E-state index in [9.17, 15) is 22.8 Å². The lowest BCUT2D eigenvalue weighted by Crippen LogP contribution is -2.33. The number of carbonyl (C=O) groups is 1. The molecule has 0 radical (unpaired) electrons. The maximum Gasteiger partial charge on any atom is 0.333 e. The molecule has 37 heavy (non-hydrogen) atoms. The molecule has 0 bridgehead atoms. The Morgan fingerprint density at radius 2 is 1.86 bits per heavy atom. The van der Waals surface area contributed by atoms with Crippen LogP contribution in [0.3, 0.4) is 0 Å². The molecule has 0 amide bonds. The lowest BCUT2D eigenvalue weighted by Gasteiger charge is -2.11. The Labute approximate surface area is 225 Å². The summed E-state index contributed by atoms with van der Waals surface area (Å²) >= 11 is 13.1. The number of Topliss-reactive ketones (excluding diaryl/α,β-unsaturated/α-hetero) is 1. The molecule has 2 aromatic carbocycles. The van der Waals surface area contributed by atoms with Crippen LogP contribution in [0.15, 0.2) is 62.3 Å². The first-order valence-electron chi connectivity index (χ1n) is 11.4. The van der Waals surface area contributed by atoms with Crippen molar-refractivity contribution in [3.8, 4) is 5.69 Å². The third kappa shape index (κ3) is 5.67. The molecule has 2 N–H and O–H groups in total. The van der Waals surface area contributed by atoms with Gasteiger partial charge in [-0.25, -0.2) is 17.8 Å². The average Bonchev–Trinajstić information content (AvgIpc) is 3.55. The van der Waals surface area contributed by atoms with E-state index in [1.165, 1.54) is 43.2 Å². The number of sulfone groups is 1. The van der Waals surface area contributed by atoms with Gasteiger partial charge in [-0.15, -0.1) is 11.3 Å². The van der Waals surface area contributed by atoms with Crippen molar-refractivity contribution in [2.45, 2.75) is 23.5 Å². The summed E-state index contributed by atoms with van der Waals surface area (Å²) in [6.45, 7) is 0.853. The van der Waals surface area contributed by atoms with Gasteiger partial charge in [0.15, 0.2) is 15.6 Å². The summed E-state index contributed by atoms with van der Waals surface area (Å²) in [7, 11) is -3.80. The first kappa shape index (κ1) is 25.7. The van der Waals surface area contributed by atoms with Crippen LogP contribution in [0.4, 0.5) is 5.69 Å². The normalized spacial score (nSPS) is 13.7. The predicted molar refractivity (Wildman–Crippen MR) is 146 cm³/mol. The van der Waals surface area contributed by atoms with Crippen molar-refractivity contribution in [3.05, 3.63) is 84.3 Å². The van der Waals surface area contributed by atoms with Gasteiger partial charge >= 0.3 is 5.69 Å². The van der Waals surface area contributed by atoms with Gasteiger partial charge in [0, 0.05) is 18.7 Å². The fraction of sp³-hybridized carbons (Fsp3) is 0.240. The minimum atomic E-state index is -3.80. The van der Waals surface area contributed by atoms with Gasteiger partial charge in [0.25, 0.3) is 5.56 Å². The van der Waals surface area contributed by atoms with Crippen LogP contribution in [-0.2, 0) is 21.1 Å². The van der Waals surface area contributed by atoms with E-state index >= 15 is 0 Å². The Balaban J connectivity index is 1.37. The Bertz CT molecular complexity index is 1750. The number of H-pyrrole nitrogens is 1. The molecule has 0 saturated heterocycles. The third-order valence-electron chi connectivity index (χ3n) is 6.05. The number of hydrogen-bond acceptors (Lipinski definition) is 7. The number of aromatic amines is 1. The van der Waals surface area contributed by atoms with E-state index < -0.39 is 32.6 Å². The zero-order chi connectivity index (χ0) is 26.3. The number of nitrogens with zero attached hydrogens (tertiary/aromatic N) is 1. The fourth-order valence-electron chi connectivity index (χ4n) is 4.00. The molecule has 1 aliphatic carbocycles. The minimum absolute atomic E-state index is 0.0277. The van der Waals surface area contributed by atoms with Crippen LogP contribution in [0.25, 0.3) is 16.6 Å². The highest BCUT2D eigenvalue weighted by Gasteiger charge is 2.22. The number of fused-ring (bicyclic) bond motifs is 1. The Morgan fingerprint density at radius 3 is 2.54 bits per heavy atom. The van der Waals surface area contributed by atoms with E-state index in [0.717, 1.165) is 28.1 Å². The van der Waals surface area contributed by atoms with Crippen molar-refractivity contribution in [2.24, 2.45) is 5.92 Å². The summed E-state index contributed by atoms with van der Waals surface area (Å²) in [5.41, 5.74) is 0.668. The number of hydrogen-bond donors (Lipinski definition) is 2. The minimum Gasteiger partial charge on any atom is -0.385 e. The monoisotopic (exact) mass is 577 g/mol. The molecule has 1 aliphatic rings. The van der Waals surface area contributed by atoms with E-state index in [1.807, 2.05) is 0 Å². The lowest BCUT2D eigenvalue weighted by atomic mass is 10.1. The van der Waals surface area contributed by atoms with Crippen molar-refractivity contribution < 1.29 is 13.2 Å². The molecule has 1 fully saturated rings. The molecule has 8 nitrogen and oxygen atoms in total. The molecule has 2 aromatic heterocycles. The van der Waals surface area contributed by atoms with Gasteiger partial charge in [-0.05, 0) is 66.8 Å². The van der Waals surface area contributed by atoms with Gasteiger partial charge in [0.05, 0.1) is 25.9 Å². The highest BCUT2D eigenvalue weighted by Crippen LogP contribution is 2.29. The number of anilines is 1. The standard InChI is InChI=1S/C25H21Cl2N3O5S2/c26-19-10-15(9-17(31)13-37(34,35)23-8-7-22(27)36-23)3-6-21(19)30-24(32)18-5-4-16(28-12-14-1-2-14)11-20(18)29-25(30)33/h3-8,10-11,14,28H,1-2,9,12-13H2,(H,29,33). The van der Waals surface area contributed by atoms with Gasteiger partial charge in [0.2, 0.25) is 0 Å². The Morgan fingerprint density at radius 1 is 1.08 bits per heavy atom. The lowest BCUT2D eigenvalue weighted by molar-refractivity contribution is -0.116. The number of carbonyl (C=O) groups excluding carboxylic acids is 1. The molecule has 0 atom stereocenters. The van der Waals surface area contributed by atoms with Gasteiger partial charge in [0.1, 0.15) is 9.96 Å². The molecule has 12 heteroatoms. The predicted octanol–water partition coefficient (Wildman–Crippen LogP) is 4.45. The number of ketones is 1. The zero-order valence-corrected chi connectivity index (χ0v) is 22.4. The topological polar surface area (TPSA) is 118 Å². The van der Waals surface area contributed by atoms with Crippen LogP contribution < -0.4 is 16.6 Å². The van der Waals surface area contributed by atoms with E-state index in [4.69, 9.17) is 23.2 Å². The summed E-state index contributed by atoms with van der Waals surface area (Å²) in [5.74, 6) is -0.530. The second-order valence-electron chi connectivity index (χ2n) is 8.97. The molecule has 192 valence electrons. The Hall–Kier alpha value is -2.92. The maximum atomic E-state index is 13.2. The molecule has 0 spiro atoms. The summed E-state index contributed by atoms with van der Waals surface area (Å²) in [4.78, 5) is 41.2. The summed E-state index contributed by atoms with van der Waals surface area (Å²) in [6.07, 6.45) is 2.23. The van der Waals surface area contributed by atoms with Crippen molar-refractivity contribution in [1.82, 2.24) is 9.55 Å². The van der Waals surface area contributed by atoms with Gasteiger partial charge in [-0.3, -0.25) is 9.59 Å². The van der Waals surface area contributed by atoms with Crippen LogP contribution in [0, 0.1) is 5.92 Å². The molecule has 2 heterocycles. The number of benzene rings is 2. The van der Waals surface area contributed by atoms with Crippen molar-refractivity contribution in [2.75, 3.05) is 17.6 Å². The van der Waals surface area contributed by atoms with Crippen LogP contribution in [0.2, 0.25) is 9.36 Å². The number of aromatic nitrogens is 2. The highest BCUT2D eigenvalue weighted by atomic mass is 35.5.